The van der Waals surface area contributed by atoms with E-state index >= 15 is 0 Å². The summed E-state index contributed by atoms with van der Waals surface area (Å²) in [5, 5.41) is 9.49. The predicted molar refractivity (Wildman–Crippen MR) is 66.4 cm³/mol. The molecule has 0 radical (unpaired) electrons. The fraction of sp³-hybridized carbons (Fsp3) is 0.273. The third-order valence-corrected chi connectivity index (χ3v) is 3.24. The van der Waals surface area contributed by atoms with E-state index in [-0.39, 0.29) is 17.1 Å². The Bertz CT molecular complexity index is 745. The minimum Gasteiger partial charge on any atom is -0.295 e. The average molecular weight is 262 g/mol. The molecule has 2 aromatic rings. The predicted octanol–water partition coefficient (Wildman–Crippen LogP) is 0.132. The summed E-state index contributed by atoms with van der Waals surface area (Å²) in [6, 6.07) is 3.54. The minimum absolute atomic E-state index is 0.0457. The summed E-state index contributed by atoms with van der Waals surface area (Å²) in [5.74, 6) is 0. The first kappa shape index (κ1) is 12.4. The van der Waals surface area contributed by atoms with Gasteiger partial charge in [-0.25, -0.2) is 9.97 Å². The molecule has 0 aliphatic rings. The molecule has 7 heteroatoms. The van der Waals surface area contributed by atoms with Gasteiger partial charge >= 0.3 is 0 Å². The molecule has 0 aliphatic heterocycles. The molecular weight excluding hydrogens is 252 g/mol. The molecule has 1 unspecified atom stereocenters. The van der Waals surface area contributed by atoms with Gasteiger partial charge in [0.25, 0.3) is 5.56 Å². The van der Waals surface area contributed by atoms with Crippen molar-refractivity contribution in [1.82, 2.24) is 14.5 Å². The molecule has 6 nitrogen and oxygen atoms in total. The molecule has 2 rings (SSSR count). The highest BCUT2D eigenvalue weighted by atomic mass is 32.2. The molecule has 0 N–H and O–H groups in total. The molecule has 2 aromatic heterocycles. The molecule has 0 aliphatic carbocycles. The van der Waals surface area contributed by atoms with Crippen molar-refractivity contribution in [2.45, 2.75) is 11.6 Å². The van der Waals surface area contributed by atoms with E-state index in [1.54, 1.807) is 13.1 Å². The summed E-state index contributed by atoms with van der Waals surface area (Å²) < 4.78 is 12.7. The minimum atomic E-state index is -1.30. The number of nitriles is 1. The van der Waals surface area contributed by atoms with E-state index in [4.69, 9.17) is 5.26 Å². The zero-order valence-electron chi connectivity index (χ0n) is 9.88. The van der Waals surface area contributed by atoms with E-state index in [1.165, 1.54) is 17.0 Å². The van der Waals surface area contributed by atoms with Gasteiger partial charge in [0, 0.05) is 30.4 Å². The van der Waals surface area contributed by atoms with E-state index in [9.17, 15) is 9.00 Å². The van der Waals surface area contributed by atoms with Crippen LogP contribution in [0.2, 0.25) is 0 Å². The molecule has 1 atom stereocenters. The topological polar surface area (TPSA) is 88.6 Å². The molecule has 0 aromatic carbocycles. The van der Waals surface area contributed by atoms with E-state index in [0.29, 0.717) is 16.6 Å². The lowest BCUT2D eigenvalue weighted by molar-refractivity contribution is 0.679. The van der Waals surface area contributed by atoms with Gasteiger partial charge in [0.2, 0.25) is 5.16 Å². The molecule has 0 amide bonds. The van der Waals surface area contributed by atoms with E-state index in [0.717, 1.165) is 0 Å². The molecule has 0 bridgehead atoms. The van der Waals surface area contributed by atoms with Crippen molar-refractivity contribution in [3.8, 4) is 6.07 Å². The summed E-state index contributed by atoms with van der Waals surface area (Å²) in [5.41, 5.74) is 0.555. The van der Waals surface area contributed by atoms with Gasteiger partial charge < -0.3 is 0 Å². The van der Waals surface area contributed by atoms with Gasteiger partial charge in [-0.3, -0.25) is 13.6 Å². The average Bonchev–Trinajstić information content (AvgIpc) is 2.35. The van der Waals surface area contributed by atoms with Crippen molar-refractivity contribution in [1.29, 1.82) is 5.26 Å². The molecule has 0 fully saturated rings. The van der Waals surface area contributed by atoms with Crippen LogP contribution in [0, 0.1) is 11.3 Å². The van der Waals surface area contributed by atoms with Crippen LogP contribution in [0.5, 0.6) is 0 Å². The maximum Gasteiger partial charge on any atom is 0.256 e. The Morgan fingerprint density at radius 2 is 2.28 bits per heavy atom. The van der Waals surface area contributed by atoms with Crippen LogP contribution in [-0.2, 0) is 24.3 Å². The molecule has 0 saturated carbocycles. The lowest BCUT2D eigenvalue weighted by Gasteiger charge is -2.06. The lowest BCUT2D eigenvalue weighted by Crippen LogP contribution is -2.22. The first-order valence-corrected chi connectivity index (χ1v) is 6.66. The maximum absolute atomic E-state index is 11.9. The highest BCUT2D eigenvalue weighted by Crippen LogP contribution is 2.11. The smallest absolute Gasteiger partial charge is 0.256 e. The van der Waals surface area contributed by atoms with Crippen molar-refractivity contribution in [2.24, 2.45) is 7.05 Å². The highest BCUT2D eigenvalue weighted by Gasteiger charge is 2.10. The zero-order chi connectivity index (χ0) is 13.3. The van der Waals surface area contributed by atoms with Crippen LogP contribution in [0.1, 0.15) is 5.56 Å². The van der Waals surface area contributed by atoms with E-state index < -0.39 is 10.8 Å². The van der Waals surface area contributed by atoms with Crippen LogP contribution >= 0.6 is 0 Å². The van der Waals surface area contributed by atoms with Gasteiger partial charge in [-0.2, -0.15) is 5.26 Å². The molecule has 0 saturated heterocycles. The first-order chi connectivity index (χ1) is 8.54. The SMILES string of the molecule is Cn1c(=O)c(CC#N)cc2cnc(S(C)=O)nc21. The van der Waals surface area contributed by atoms with E-state index in [2.05, 4.69) is 9.97 Å². The summed E-state index contributed by atoms with van der Waals surface area (Å²) in [6.07, 6.45) is 3.03. The quantitative estimate of drug-likeness (QED) is 0.718. The highest BCUT2D eigenvalue weighted by molar-refractivity contribution is 7.84. The van der Waals surface area contributed by atoms with E-state index in [1.807, 2.05) is 6.07 Å². The van der Waals surface area contributed by atoms with Crippen LogP contribution in [-0.4, -0.2) is 25.0 Å². The summed E-state index contributed by atoms with van der Waals surface area (Å²) in [4.78, 5) is 20.0. The second kappa shape index (κ2) is 4.66. The van der Waals surface area contributed by atoms with Crippen molar-refractivity contribution in [3.63, 3.8) is 0 Å². The van der Waals surface area contributed by atoms with Crippen molar-refractivity contribution >= 4 is 21.8 Å². The molecular formula is C11H10N4O2S. The van der Waals surface area contributed by atoms with Crippen molar-refractivity contribution in [3.05, 3.63) is 28.2 Å². The number of fused-ring (bicyclic) bond motifs is 1. The van der Waals surface area contributed by atoms with Crippen LogP contribution in [0.25, 0.3) is 11.0 Å². The third-order valence-electron chi connectivity index (χ3n) is 2.53. The Labute approximate surface area is 105 Å². The fourth-order valence-corrected chi connectivity index (χ4v) is 2.06. The second-order valence-electron chi connectivity index (χ2n) is 3.75. The molecule has 18 heavy (non-hydrogen) atoms. The third kappa shape index (κ3) is 2.02. The standard InChI is InChI=1S/C11H10N4O2S/c1-15-9-8(5-7(3-4-12)10(15)16)6-13-11(14-9)18(2)17/h5-6H,3H2,1-2H3. The Morgan fingerprint density at radius 3 is 2.89 bits per heavy atom. The van der Waals surface area contributed by atoms with Gasteiger partial charge in [-0.05, 0) is 6.07 Å². The Kier molecular flexibility index (Phi) is 3.21. The molecule has 0 spiro atoms. The van der Waals surface area contributed by atoms with Crippen LogP contribution in [0.4, 0.5) is 0 Å². The van der Waals surface area contributed by atoms with Gasteiger partial charge in [0.15, 0.2) is 0 Å². The second-order valence-corrected chi connectivity index (χ2v) is 5.03. The lowest BCUT2D eigenvalue weighted by atomic mass is 10.2. The van der Waals surface area contributed by atoms with Crippen molar-refractivity contribution in [2.75, 3.05) is 6.26 Å². The monoisotopic (exact) mass is 262 g/mol. The van der Waals surface area contributed by atoms with Gasteiger partial charge in [0.1, 0.15) is 5.65 Å². The maximum atomic E-state index is 11.9. The number of hydrogen-bond donors (Lipinski definition) is 0. The summed E-state index contributed by atoms with van der Waals surface area (Å²) in [6.45, 7) is 0. The van der Waals surface area contributed by atoms with Crippen LogP contribution in [0.3, 0.4) is 0 Å². The van der Waals surface area contributed by atoms with Crippen LogP contribution < -0.4 is 5.56 Å². The number of nitrogens with zero attached hydrogens (tertiary/aromatic N) is 4. The number of aromatic nitrogens is 3. The Hall–Kier alpha value is -2.07. The number of pyridine rings is 1. The fourth-order valence-electron chi connectivity index (χ4n) is 1.65. The summed E-state index contributed by atoms with van der Waals surface area (Å²) in [7, 11) is 0.272. The Balaban J connectivity index is 2.79. The number of rotatable bonds is 2. The molecule has 2 heterocycles. The van der Waals surface area contributed by atoms with Crippen molar-refractivity contribution < 1.29 is 4.21 Å². The Morgan fingerprint density at radius 1 is 1.56 bits per heavy atom. The van der Waals surface area contributed by atoms with Gasteiger partial charge in [-0.15, -0.1) is 0 Å². The largest absolute Gasteiger partial charge is 0.295 e. The number of hydrogen-bond acceptors (Lipinski definition) is 5. The summed E-state index contributed by atoms with van der Waals surface area (Å²) >= 11 is 0. The zero-order valence-corrected chi connectivity index (χ0v) is 10.7. The van der Waals surface area contributed by atoms with Gasteiger partial charge in [0.05, 0.1) is 23.3 Å². The first-order valence-electron chi connectivity index (χ1n) is 5.10. The molecule has 92 valence electrons. The number of aryl methyl sites for hydroxylation is 1. The van der Waals surface area contributed by atoms with Crippen LogP contribution in [0.15, 0.2) is 22.2 Å². The normalized spacial score (nSPS) is 12.3. The van der Waals surface area contributed by atoms with Gasteiger partial charge in [-0.1, -0.05) is 0 Å².